The molecule has 1 fully saturated rings. The maximum Gasteiger partial charge on any atom is 0.304 e. The van der Waals surface area contributed by atoms with E-state index in [-0.39, 0.29) is 24.3 Å². The molecule has 1 aromatic heterocycles. The van der Waals surface area contributed by atoms with Crippen molar-refractivity contribution >= 4 is 45.3 Å². The van der Waals surface area contributed by atoms with Crippen LogP contribution in [0.15, 0.2) is 35.7 Å². The van der Waals surface area contributed by atoms with Crippen LogP contribution in [0, 0.1) is 5.92 Å². The summed E-state index contributed by atoms with van der Waals surface area (Å²) in [5.41, 5.74) is 1.04. The molecule has 0 radical (unpaired) electrons. The standard InChI is InChI=1S/C21H24N2O4S/c1-14(12-20(25)26)21(27)22-16-8-10-23(11-9-16)19(24)7-6-15-13-28-18-5-3-2-4-17(15)18/h2-7,13-14,16H,8-12H2,1H3,(H,22,27)(H,25,26)/b7-6+/t14-/m0/s1. The molecule has 0 unspecified atom stereocenters. The van der Waals surface area contributed by atoms with Crippen molar-refractivity contribution < 1.29 is 19.5 Å². The number of hydrogen-bond acceptors (Lipinski definition) is 4. The molecule has 2 amide bonds. The lowest BCUT2D eigenvalue weighted by Gasteiger charge is -2.32. The van der Waals surface area contributed by atoms with Gasteiger partial charge in [-0.05, 0) is 41.3 Å². The Morgan fingerprint density at radius 2 is 2.00 bits per heavy atom. The topological polar surface area (TPSA) is 86.7 Å². The molecule has 1 aliphatic heterocycles. The Hall–Kier alpha value is -2.67. The number of carboxylic acids is 1. The average molecular weight is 401 g/mol. The van der Waals surface area contributed by atoms with Crippen molar-refractivity contribution in [3.63, 3.8) is 0 Å². The highest BCUT2D eigenvalue weighted by atomic mass is 32.1. The van der Waals surface area contributed by atoms with Crippen LogP contribution in [0.25, 0.3) is 16.2 Å². The number of carbonyl (C=O) groups excluding carboxylic acids is 2. The van der Waals surface area contributed by atoms with Crippen molar-refractivity contribution in [3.8, 4) is 0 Å². The van der Waals surface area contributed by atoms with Gasteiger partial charge in [0.2, 0.25) is 11.8 Å². The summed E-state index contributed by atoms with van der Waals surface area (Å²) in [6, 6.07) is 8.09. The van der Waals surface area contributed by atoms with Gasteiger partial charge in [0, 0.05) is 35.8 Å². The van der Waals surface area contributed by atoms with Gasteiger partial charge in [-0.2, -0.15) is 0 Å². The summed E-state index contributed by atoms with van der Waals surface area (Å²) in [6.45, 7) is 2.76. The lowest BCUT2D eigenvalue weighted by Crippen LogP contribution is -2.47. The summed E-state index contributed by atoms with van der Waals surface area (Å²) in [6.07, 6.45) is 4.65. The fourth-order valence-corrected chi connectivity index (χ4v) is 4.27. The van der Waals surface area contributed by atoms with E-state index < -0.39 is 11.9 Å². The molecular weight excluding hydrogens is 376 g/mol. The number of hydrogen-bond donors (Lipinski definition) is 2. The number of amides is 2. The van der Waals surface area contributed by atoms with Gasteiger partial charge in [-0.15, -0.1) is 11.3 Å². The lowest BCUT2D eigenvalue weighted by atomic mass is 10.0. The van der Waals surface area contributed by atoms with Crippen LogP contribution in [0.5, 0.6) is 0 Å². The molecule has 1 aromatic carbocycles. The minimum absolute atomic E-state index is 0.0161. The van der Waals surface area contributed by atoms with Gasteiger partial charge < -0.3 is 15.3 Å². The first kappa shape index (κ1) is 20.1. The third-order valence-electron chi connectivity index (χ3n) is 5.00. The smallest absolute Gasteiger partial charge is 0.304 e. The number of aliphatic carboxylic acids is 1. The third-order valence-corrected chi connectivity index (χ3v) is 5.98. The molecule has 7 heteroatoms. The molecular formula is C21H24N2O4S. The fraction of sp³-hybridized carbons (Fsp3) is 0.381. The predicted octanol–water partition coefficient (Wildman–Crippen LogP) is 3.13. The zero-order valence-corrected chi connectivity index (χ0v) is 16.6. The Labute approximate surface area is 167 Å². The van der Waals surface area contributed by atoms with Crippen LogP contribution in [-0.2, 0) is 14.4 Å². The van der Waals surface area contributed by atoms with Gasteiger partial charge in [-0.1, -0.05) is 25.1 Å². The minimum atomic E-state index is -0.978. The second-order valence-corrected chi connectivity index (χ2v) is 8.04. The summed E-state index contributed by atoms with van der Waals surface area (Å²) >= 11 is 1.66. The molecule has 1 aliphatic rings. The summed E-state index contributed by atoms with van der Waals surface area (Å²) in [4.78, 5) is 37.0. The summed E-state index contributed by atoms with van der Waals surface area (Å²) in [5.74, 6) is -1.80. The van der Waals surface area contributed by atoms with Crippen LogP contribution < -0.4 is 5.32 Å². The van der Waals surface area contributed by atoms with E-state index in [2.05, 4.69) is 22.8 Å². The zero-order valence-electron chi connectivity index (χ0n) is 15.8. The molecule has 0 spiro atoms. The number of likely N-dealkylation sites (tertiary alicyclic amines) is 1. The van der Waals surface area contributed by atoms with E-state index in [9.17, 15) is 14.4 Å². The second kappa shape index (κ2) is 9.01. The van der Waals surface area contributed by atoms with Crippen molar-refractivity contribution in [2.24, 2.45) is 5.92 Å². The van der Waals surface area contributed by atoms with E-state index in [1.54, 1.807) is 29.2 Å². The molecule has 6 nitrogen and oxygen atoms in total. The number of nitrogens with one attached hydrogen (secondary N) is 1. The predicted molar refractivity (Wildman–Crippen MR) is 110 cm³/mol. The summed E-state index contributed by atoms with van der Waals surface area (Å²) in [5, 5.41) is 14.9. The monoisotopic (exact) mass is 400 g/mol. The maximum atomic E-state index is 12.5. The molecule has 0 aliphatic carbocycles. The van der Waals surface area contributed by atoms with Gasteiger partial charge in [0.15, 0.2) is 0 Å². The molecule has 1 atom stereocenters. The number of carboxylic acid groups (broad SMARTS) is 1. The Kier molecular flexibility index (Phi) is 6.46. The molecule has 0 saturated carbocycles. The van der Waals surface area contributed by atoms with Gasteiger partial charge in [0.1, 0.15) is 0 Å². The Morgan fingerprint density at radius 1 is 1.29 bits per heavy atom. The first-order valence-electron chi connectivity index (χ1n) is 9.39. The van der Waals surface area contributed by atoms with Gasteiger partial charge in [0.25, 0.3) is 0 Å². The van der Waals surface area contributed by atoms with Crippen molar-refractivity contribution in [2.45, 2.75) is 32.2 Å². The van der Waals surface area contributed by atoms with Crippen LogP contribution in [0.3, 0.4) is 0 Å². The number of rotatable bonds is 6. The number of nitrogens with zero attached hydrogens (tertiary/aromatic N) is 1. The van der Waals surface area contributed by atoms with E-state index in [4.69, 9.17) is 5.11 Å². The number of fused-ring (bicyclic) bond motifs is 1. The third kappa shape index (κ3) is 4.98. The van der Waals surface area contributed by atoms with Crippen LogP contribution in [0.2, 0.25) is 0 Å². The van der Waals surface area contributed by atoms with Crippen molar-refractivity contribution in [1.82, 2.24) is 10.2 Å². The van der Waals surface area contributed by atoms with Crippen LogP contribution in [0.4, 0.5) is 0 Å². The normalized spacial score (nSPS) is 16.4. The van der Waals surface area contributed by atoms with E-state index in [1.807, 2.05) is 18.2 Å². The molecule has 148 valence electrons. The molecule has 2 aromatic rings. The van der Waals surface area contributed by atoms with Crippen molar-refractivity contribution in [2.75, 3.05) is 13.1 Å². The highest BCUT2D eigenvalue weighted by molar-refractivity contribution is 7.17. The molecule has 28 heavy (non-hydrogen) atoms. The maximum absolute atomic E-state index is 12.5. The van der Waals surface area contributed by atoms with Gasteiger partial charge in [-0.25, -0.2) is 0 Å². The summed E-state index contributed by atoms with van der Waals surface area (Å²) in [7, 11) is 0. The number of benzene rings is 1. The number of carbonyl (C=O) groups is 3. The van der Waals surface area contributed by atoms with Crippen LogP contribution >= 0.6 is 11.3 Å². The SMILES string of the molecule is C[C@@H](CC(=O)O)C(=O)NC1CCN(C(=O)/C=C/c2csc3ccccc23)CC1. The van der Waals surface area contributed by atoms with E-state index in [0.29, 0.717) is 25.9 Å². The van der Waals surface area contributed by atoms with Crippen molar-refractivity contribution in [1.29, 1.82) is 0 Å². The number of piperidine rings is 1. The largest absolute Gasteiger partial charge is 0.481 e. The second-order valence-electron chi connectivity index (χ2n) is 7.13. The van der Waals surface area contributed by atoms with Gasteiger partial charge in [0.05, 0.1) is 6.42 Å². The van der Waals surface area contributed by atoms with Gasteiger partial charge in [-0.3, -0.25) is 14.4 Å². The minimum Gasteiger partial charge on any atom is -0.481 e. The Balaban J connectivity index is 1.50. The van der Waals surface area contributed by atoms with E-state index >= 15 is 0 Å². The molecule has 0 bridgehead atoms. The molecule has 3 rings (SSSR count). The quantitative estimate of drug-likeness (QED) is 0.730. The van der Waals surface area contributed by atoms with E-state index in [1.165, 1.54) is 4.70 Å². The zero-order chi connectivity index (χ0) is 20.1. The average Bonchev–Trinajstić information content (AvgIpc) is 3.09. The molecule has 2 N–H and O–H groups in total. The first-order chi connectivity index (χ1) is 13.4. The fourth-order valence-electron chi connectivity index (χ4n) is 3.34. The lowest BCUT2D eigenvalue weighted by molar-refractivity contribution is -0.141. The first-order valence-corrected chi connectivity index (χ1v) is 10.3. The highest BCUT2D eigenvalue weighted by Gasteiger charge is 2.25. The highest BCUT2D eigenvalue weighted by Crippen LogP contribution is 2.26. The van der Waals surface area contributed by atoms with Crippen LogP contribution in [-0.4, -0.2) is 46.9 Å². The Morgan fingerprint density at radius 3 is 2.71 bits per heavy atom. The van der Waals surface area contributed by atoms with Crippen LogP contribution in [0.1, 0.15) is 31.7 Å². The number of thiophene rings is 1. The van der Waals surface area contributed by atoms with Gasteiger partial charge >= 0.3 is 5.97 Å². The summed E-state index contributed by atoms with van der Waals surface area (Å²) < 4.78 is 1.20. The van der Waals surface area contributed by atoms with Crippen molar-refractivity contribution in [3.05, 3.63) is 41.3 Å². The molecule has 2 heterocycles. The van der Waals surface area contributed by atoms with E-state index in [0.717, 1.165) is 10.9 Å². The molecule has 1 saturated heterocycles. The Bertz CT molecular complexity index is 897.